The molecule has 8 heteroatoms. The number of aromatic nitrogens is 4. The molecule has 1 saturated carbocycles. The number of nitrogen functional groups attached to an aromatic ring is 1. The summed E-state index contributed by atoms with van der Waals surface area (Å²) in [5.74, 6) is 0.290. The summed E-state index contributed by atoms with van der Waals surface area (Å²) in [7, 11) is 0. The van der Waals surface area contributed by atoms with Crippen LogP contribution in [0.4, 0.5) is 11.5 Å². The first kappa shape index (κ1) is 11.9. The third kappa shape index (κ3) is 2.37. The summed E-state index contributed by atoms with van der Waals surface area (Å²) < 4.78 is 0. The predicted octanol–water partition coefficient (Wildman–Crippen LogP) is 1.56. The Labute approximate surface area is 113 Å². The number of nitrogens with one attached hydrogen (secondary N) is 2. The van der Waals surface area contributed by atoms with Gasteiger partial charge in [0.1, 0.15) is 5.82 Å². The van der Waals surface area contributed by atoms with Crippen LogP contribution in [0, 0.1) is 0 Å². The summed E-state index contributed by atoms with van der Waals surface area (Å²) in [6.45, 7) is 0. The smallest absolute Gasteiger partial charge is 0.279 e. The second-order valence-corrected chi connectivity index (χ2v) is 4.68. The topological polar surface area (TPSA) is 110 Å². The summed E-state index contributed by atoms with van der Waals surface area (Å²) in [5.41, 5.74) is 7.33. The van der Waals surface area contributed by atoms with E-state index in [0.29, 0.717) is 17.4 Å². The van der Waals surface area contributed by atoms with Crippen LogP contribution >= 0.6 is 11.6 Å². The normalized spacial score (nSPS) is 14.4. The largest absolute Gasteiger partial charge is 0.395 e. The second-order valence-electron chi connectivity index (χ2n) is 4.34. The van der Waals surface area contributed by atoms with E-state index in [0.717, 1.165) is 18.5 Å². The van der Waals surface area contributed by atoms with Crippen molar-refractivity contribution >= 4 is 29.0 Å². The highest BCUT2D eigenvalue weighted by molar-refractivity contribution is 6.28. The predicted molar refractivity (Wildman–Crippen MR) is 70.0 cm³/mol. The Morgan fingerprint density at radius 2 is 2.32 bits per heavy atom. The molecule has 0 saturated heterocycles. The van der Waals surface area contributed by atoms with E-state index in [9.17, 15) is 4.79 Å². The first-order chi connectivity index (χ1) is 9.15. The zero-order valence-electron chi connectivity index (χ0n) is 9.85. The molecular weight excluding hydrogens is 268 g/mol. The molecule has 0 aromatic carbocycles. The molecule has 19 heavy (non-hydrogen) atoms. The molecular formula is C11H11ClN6O. The van der Waals surface area contributed by atoms with Crippen molar-refractivity contribution < 1.29 is 4.79 Å². The fraction of sp³-hybridized carbons (Fsp3) is 0.273. The zero-order valence-corrected chi connectivity index (χ0v) is 10.6. The van der Waals surface area contributed by atoms with Crippen LogP contribution in [0.25, 0.3) is 0 Å². The molecule has 2 aromatic rings. The lowest BCUT2D eigenvalue weighted by atomic mass is 10.2. The van der Waals surface area contributed by atoms with Gasteiger partial charge in [-0.05, 0) is 30.5 Å². The molecule has 98 valence electrons. The van der Waals surface area contributed by atoms with Crippen LogP contribution in [-0.4, -0.2) is 26.1 Å². The van der Waals surface area contributed by atoms with Crippen LogP contribution in [0.3, 0.4) is 0 Å². The van der Waals surface area contributed by atoms with Crippen LogP contribution in [0.15, 0.2) is 12.3 Å². The fourth-order valence-corrected chi connectivity index (χ4v) is 1.95. The van der Waals surface area contributed by atoms with E-state index in [4.69, 9.17) is 17.3 Å². The molecule has 2 aromatic heterocycles. The van der Waals surface area contributed by atoms with Crippen molar-refractivity contribution in [2.24, 2.45) is 0 Å². The fourth-order valence-electron chi connectivity index (χ4n) is 1.80. The number of aromatic amines is 1. The van der Waals surface area contributed by atoms with Gasteiger partial charge in [-0.25, -0.2) is 9.97 Å². The Bertz CT molecular complexity index is 636. The molecule has 1 fully saturated rings. The molecule has 0 aliphatic heterocycles. The Morgan fingerprint density at radius 3 is 3.00 bits per heavy atom. The lowest BCUT2D eigenvalue weighted by molar-refractivity contribution is 0.102. The Morgan fingerprint density at radius 1 is 1.53 bits per heavy atom. The minimum atomic E-state index is -0.421. The van der Waals surface area contributed by atoms with Crippen LogP contribution in [-0.2, 0) is 0 Å². The van der Waals surface area contributed by atoms with Gasteiger partial charge in [0.25, 0.3) is 5.91 Å². The van der Waals surface area contributed by atoms with Crippen molar-refractivity contribution in [3.05, 3.63) is 28.9 Å². The molecule has 0 bridgehead atoms. The average Bonchev–Trinajstić information content (AvgIpc) is 3.13. The van der Waals surface area contributed by atoms with Gasteiger partial charge >= 0.3 is 0 Å². The molecule has 1 amide bonds. The second kappa shape index (κ2) is 4.51. The van der Waals surface area contributed by atoms with E-state index in [1.165, 1.54) is 12.3 Å². The van der Waals surface area contributed by atoms with Crippen molar-refractivity contribution in [3.8, 4) is 0 Å². The van der Waals surface area contributed by atoms with Gasteiger partial charge in [0.15, 0.2) is 5.69 Å². The van der Waals surface area contributed by atoms with E-state index >= 15 is 0 Å². The number of halogens is 1. The highest BCUT2D eigenvalue weighted by atomic mass is 35.5. The molecule has 1 aliphatic rings. The third-order valence-corrected chi connectivity index (χ3v) is 3.08. The molecule has 4 N–H and O–H groups in total. The summed E-state index contributed by atoms with van der Waals surface area (Å²) in [6.07, 6.45) is 3.61. The lowest BCUT2D eigenvalue weighted by Gasteiger charge is -2.02. The van der Waals surface area contributed by atoms with E-state index in [2.05, 4.69) is 25.5 Å². The zero-order chi connectivity index (χ0) is 13.4. The summed E-state index contributed by atoms with van der Waals surface area (Å²) >= 11 is 5.64. The van der Waals surface area contributed by atoms with Crippen LogP contribution in [0.5, 0.6) is 0 Å². The first-order valence-corrected chi connectivity index (χ1v) is 6.16. The highest BCUT2D eigenvalue weighted by Crippen LogP contribution is 2.42. The van der Waals surface area contributed by atoms with Gasteiger partial charge in [0.2, 0.25) is 5.28 Å². The molecule has 2 heterocycles. The SMILES string of the molecule is Nc1c(C(=O)Nc2ccnc(Cl)n2)n[nH]c1C1CC1. The van der Waals surface area contributed by atoms with Gasteiger partial charge in [-0.2, -0.15) is 5.10 Å². The first-order valence-electron chi connectivity index (χ1n) is 5.79. The number of carbonyl (C=O) groups is 1. The minimum Gasteiger partial charge on any atom is -0.395 e. The van der Waals surface area contributed by atoms with Crippen molar-refractivity contribution in [3.63, 3.8) is 0 Å². The Balaban J connectivity index is 1.80. The lowest BCUT2D eigenvalue weighted by Crippen LogP contribution is -2.15. The molecule has 3 rings (SSSR count). The Hall–Kier alpha value is -2.15. The van der Waals surface area contributed by atoms with Gasteiger partial charge in [-0.1, -0.05) is 0 Å². The molecule has 1 aliphatic carbocycles. The summed E-state index contributed by atoms with van der Waals surface area (Å²) in [4.78, 5) is 19.6. The molecule has 0 unspecified atom stereocenters. The van der Waals surface area contributed by atoms with Gasteiger partial charge in [-0.15, -0.1) is 0 Å². The van der Waals surface area contributed by atoms with Crippen molar-refractivity contribution in [1.82, 2.24) is 20.2 Å². The number of rotatable bonds is 3. The van der Waals surface area contributed by atoms with Gasteiger partial charge in [-0.3, -0.25) is 9.89 Å². The van der Waals surface area contributed by atoms with Crippen LogP contribution in [0.1, 0.15) is 34.9 Å². The molecule has 7 nitrogen and oxygen atoms in total. The summed E-state index contributed by atoms with van der Waals surface area (Å²) in [6, 6.07) is 1.54. The van der Waals surface area contributed by atoms with Crippen LogP contribution in [0.2, 0.25) is 5.28 Å². The number of nitrogens with two attached hydrogens (primary N) is 1. The van der Waals surface area contributed by atoms with E-state index in [-0.39, 0.29) is 11.0 Å². The number of amides is 1. The third-order valence-electron chi connectivity index (χ3n) is 2.90. The van der Waals surface area contributed by atoms with E-state index in [1.54, 1.807) is 0 Å². The van der Waals surface area contributed by atoms with Crippen molar-refractivity contribution in [1.29, 1.82) is 0 Å². The number of carbonyl (C=O) groups excluding carboxylic acids is 1. The number of nitrogens with zero attached hydrogens (tertiary/aromatic N) is 3. The highest BCUT2D eigenvalue weighted by Gasteiger charge is 2.30. The quantitative estimate of drug-likeness (QED) is 0.738. The van der Waals surface area contributed by atoms with Crippen molar-refractivity contribution in [2.75, 3.05) is 11.1 Å². The number of H-pyrrole nitrogens is 1. The maximum atomic E-state index is 12.0. The maximum absolute atomic E-state index is 12.0. The minimum absolute atomic E-state index is 0.0615. The van der Waals surface area contributed by atoms with Gasteiger partial charge in [0.05, 0.1) is 11.4 Å². The summed E-state index contributed by atoms with van der Waals surface area (Å²) in [5, 5.41) is 9.41. The van der Waals surface area contributed by atoms with Crippen molar-refractivity contribution in [2.45, 2.75) is 18.8 Å². The van der Waals surface area contributed by atoms with E-state index < -0.39 is 5.91 Å². The number of anilines is 2. The van der Waals surface area contributed by atoms with Gasteiger partial charge in [0, 0.05) is 12.1 Å². The Kier molecular flexibility index (Phi) is 2.83. The number of hydrogen-bond acceptors (Lipinski definition) is 5. The molecule has 0 spiro atoms. The monoisotopic (exact) mass is 278 g/mol. The van der Waals surface area contributed by atoms with Gasteiger partial charge < -0.3 is 11.1 Å². The number of hydrogen-bond donors (Lipinski definition) is 3. The standard InChI is InChI=1S/C11H11ClN6O/c12-11-14-4-3-6(16-11)15-10(19)9-7(13)8(17-18-9)5-1-2-5/h3-5H,1-2,13H2,(H,17,18)(H,14,15,16,19). The molecule has 0 atom stereocenters. The van der Waals surface area contributed by atoms with E-state index in [1.807, 2.05) is 0 Å². The molecule has 0 radical (unpaired) electrons. The van der Waals surface area contributed by atoms with Crippen LogP contribution < -0.4 is 11.1 Å². The average molecular weight is 279 g/mol. The maximum Gasteiger partial charge on any atom is 0.279 e.